The van der Waals surface area contributed by atoms with Crippen LogP contribution in [0.5, 0.6) is 0 Å². The first-order chi connectivity index (χ1) is 10.4. The van der Waals surface area contributed by atoms with E-state index in [4.69, 9.17) is 23.2 Å². The lowest BCUT2D eigenvalue weighted by molar-refractivity contribution is 0.0827. The molecule has 0 spiro atoms. The predicted octanol–water partition coefficient (Wildman–Crippen LogP) is 4.26. The third kappa shape index (κ3) is 3.90. The second-order valence-electron chi connectivity index (χ2n) is 5.16. The molecule has 1 aromatic carbocycles. The second kappa shape index (κ2) is 6.99. The monoisotopic (exact) mass is 337 g/mol. The van der Waals surface area contributed by atoms with Gasteiger partial charge in [-0.15, -0.1) is 0 Å². The van der Waals surface area contributed by atoms with Crippen LogP contribution in [0.15, 0.2) is 36.5 Å². The number of nitrogens with one attached hydrogen (secondary N) is 1. The highest BCUT2D eigenvalue weighted by Crippen LogP contribution is 2.28. The van der Waals surface area contributed by atoms with Gasteiger partial charge < -0.3 is 10.2 Å². The predicted molar refractivity (Wildman–Crippen MR) is 90.8 cm³/mol. The van der Waals surface area contributed by atoms with Crippen molar-refractivity contribution in [3.8, 4) is 0 Å². The van der Waals surface area contributed by atoms with E-state index in [1.807, 2.05) is 13.0 Å². The fourth-order valence-corrected chi connectivity index (χ4v) is 2.59. The molecule has 0 saturated carbocycles. The van der Waals surface area contributed by atoms with Crippen LogP contribution >= 0.6 is 23.2 Å². The topological polar surface area (TPSA) is 45.2 Å². The summed E-state index contributed by atoms with van der Waals surface area (Å²) in [5.41, 5.74) is 1.48. The number of benzene rings is 1. The van der Waals surface area contributed by atoms with Crippen LogP contribution in [-0.4, -0.2) is 29.9 Å². The van der Waals surface area contributed by atoms with E-state index >= 15 is 0 Å². The Bertz CT molecular complexity index is 672. The van der Waals surface area contributed by atoms with Crippen LogP contribution in [0.25, 0.3) is 0 Å². The molecule has 0 radical (unpaired) electrons. The van der Waals surface area contributed by atoms with Crippen molar-refractivity contribution in [3.05, 3.63) is 57.7 Å². The lowest BCUT2D eigenvalue weighted by Gasteiger charge is -2.17. The Hall–Kier alpha value is -1.78. The summed E-state index contributed by atoms with van der Waals surface area (Å²) in [7, 11) is 3.41. The number of halogens is 2. The number of nitrogens with zero attached hydrogens (tertiary/aromatic N) is 2. The molecule has 1 amide bonds. The number of amides is 1. The summed E-state index contributed by atoms with van der Waals surface area (Å²) in [6.45, 7) is 1.98. The molecule has 6 heteroatoms. The van der Waals surface area contributed by atoms with E-state index in [2.05, 4.69) is 10.3 Å². The van der Waals surface area contributed by atoms with Crippen molar-refractivity contribution in [2.24, 2.45) is 0 Å². The Labute approximate surface area is 140 Å². The Morgan fingerprint density at radius 1 is 1.23 bits per heavy atom. The molecule has 0 aliphatic heterocycles. The molecule has 2 aromatic rings. The molecule has 0 aliphatic rings. The van der Waals surface area contributed by atoms with Crippen molar-refractivity contribution < 1.29 is 4.79 Å². The van der Waals surface area contributed by atoms with Crippen molar-refractivity contribution in [3.63, 3.8) is 0 Å². The Morgan fingerprint density at radius 3 is 2.50 bits per heavy atom. The third-order valence-electron chi connectivity index (χ3n) is 3.21. The largest absolute Gasteiger partial charge is 0.363 e. The van der Waals surface area contributed by atoms with E-state index in [0.717, 1.165) is 5.56 Å². The van der Waals surface area contributed by atoms with Gasteiger partial charge in [0.15, 0.2) is 0 Å². The van der Waals surface area contributed by atoms with E-state index in [9.17, 15) is 4.79 Å². The van der Waals surface area contributed by atoms with Crippen molar-refractivity contribution in [2.45, 2.75) is 13.0 Å². The number of hydrogen-bond donors (Lipinski definition) is 1. The van der Waals surface area contributed by atoms with Gasteiger partial charge in [-0.25, -0.2) is 4.98 Å². The van der Waals surface area contributed by atoms with Crippen LogP contribution in [0, 0.1) is 0 Å². The molecule has 1 N–H and O–H groups in total. The minimum Gasteiger partial charge on any atom is -0.363 e. The zero-order chi connectivity index (χ0) is 16.3. The maximum atomic E-state index is 11.8. The second-order valence-corrected chi connectivity index (χ2v) is 6.01. The van der Waals surface area contributed by atoms with E-state index in [1.165, 1.54) is 4.90 Å². The van der Waals surface area contributed by atoms with Gasteiger partial charge in [0.25, 0.3) is 5.91 Å². The van der Waals surface area contributed by atoms with Crippen LogP contribution in [0.4, 0.5) is 5.82 Å². The maximum absolute atomic E-state index is 11.8. The molecule has 0 bridgehead atoms. The van der Waals surface area contributed by atoms with Crippen molar-refractivity contribution in [1.29, 1.82) is 0 Å². The fourth-order valence-electron chi connectivity index (χ4n) is 2.02. The van der Waals surface area contributed by atoms with Crippen molar-refractivity contribution >= 4 is 34.9 Å². The van der Waals surface area contributed by atoms with Gasteiger partial charge in [0, 0.05) is 30.3 Å². The average Bonchev–Trinajstić information content (AvgIpc) is 2.47. The summed E-state index contributed by atoms with van der Waals surface area (Å²) in [4.78, 5) is 17.6. The first-order valence-corrected chi connectivity index (χ1v) is 7.53. The lowest BCUT2D eigenvalue weighted by Crippen LogP contribution is -2.21. The molecule has 1 atom stereocenters. The Morgan fingerprint density at radius 2 is 1.95 bits per heavy atom. The minimum absolute atomic E-state index is 0.0346. The van der Waals surface area contributed by atoms with E-state index < -0.39 is 0 Å². The van der Waals surface area contributed by atoms with E-state index in [0.29, 0.717) is 21.4 Å². The Kier molecular flexibility index (Phi) is 5.27. The van der Waals surface area contributed by atoms with Gasteiger partial charge in [-0.2, -0.15) is 0 Å². The number of rotatable bonds is 4. The average molecular weight is 338 g/mol. The molecular weight excluding hydrogens is 321 g/mol. The first kappa shape index (κ1) is 16.6. The summed E-state index contributed by atoms with van der Waals surface area (Å²) >= 11 is 12.1. The van der Waals surface area contributed by atoms with E-state index in [-0.39, 0.29) is 11.9 Å². The highest BCUT2D eigenvalue weighted by Gasteiger charge is 2.12. The number of carbonyl (C=O) groups is 1. The highest BCUT2D eigenvalue weighted by atomic mass is 35.5. The maximum Gasteiger partial charge on any atom is 0.254 e. The lowest BCUT2D eigenvalue weighted by atomic mass is 10.1. The van der Waals surface area contributed by atoms with Gasteiger partial charge in [0.2, 0.25) is 0 Å². The minimum atomic E-state index is -0.0761. The number of anilines is 1. The molecular formula is C16H17Cl2N3O. The molecule has 2 rings (SSSR count). The third-order valence-corrected chi connectivity index (χ3v) is 3.77. The fraction of sp³-hybridized carbons (Fsp3) is 0.250. The molecule has 4 nitrogen and oxygen atoms in total. The molecule has 0 fully saturated rings. The first-order valence-electron chi connectivity index (χ1n) is 6.77. The highest BCUT2D eigenvalue weighted by molar-refractivity contribution is 6.35. The van der Waals surface area contributed by atoms with Crippen LogP contribution in [0.3, 0.4) is 0 Å². The molecule has 1 heterocycles. The Balaban J connectivity index is 2.12. The van der Waals surface area contributed by atoms with E-state index in [1.54, 1.807) is 44.6 Å². The summed E-state index contributed by atoms with van der Waals surface area (Å²) in [5, 5.41) is 4.46. The van der Waals surface area contributed by atoms with Gasteiger partial charge in [-0.05, 0) is 36.8 Å². The quantitative estimate of drug-likeness (QED) is 0.906. The molecule has 116 valence electrons. The zero-order valence-corrected chi connectivity index (χ0v) is 14.1. The van der Waals surface area contributed by atoms with Crippen molar-refractivity contribution in [2.75, 3.05) is 19.4 Å². The zero-order valence-electron chi connectivity index (χ0n) is 12.6. The van der Waals surface area contributed by atoms with Crippen LogP contribution in [0.1, 0.15) is 28.9 Å². The standard InChI is InChI=1S/C16H17Cl2N3O/c1-10(13-6-5-12(17)8-14(13)18)20-15-7-4-11(9-19-15)16(22)21(2)3/h4-10H,1-3H3,(H,19,20)/t10-/m0/s1. The molecule has 0 aliphatic carbocycles. The molecule has 1 aromatic heterocycles. The number of aromatic nitrogens is 1. The van der Waals surface area contributed by atoms with Gasteiger partial charge >= 0.3 is 0 Å². The molecule has 0 unspecified atom stereocenters. The molecule has 22 heavy (non-hydrogen) atoms. The normalized spacial score (nSPS) is 11.9. The van der Waals surface area contributed by atoms with Gasteiger partial charge in [-0.1, -0.05) is 29.3 Å². The van der Waals surface area contributed by atoms with Gasteiger partial charge in [-0.3, -0.25) is 4.79 Å². The number of carbonyl (C=O) groups excluding carboxylic acids is 1. The molecule has 0 saturated heterocycles. The van der Waals surface area contributed by atoms with Gasteiger partial charge in [0.1, 0.15) is 5.82 Å². The number of pyridine rings is 1. The van der Waals surface area contributed by atoms with Crippen LogP contribution < -0.4 is 5.32 Å². The number of hydrogen-bond acceptors (Lipinski definition) is 3. The SMILES string of the molecule is C[C@H](Nc1ccc(C(=O)N(C)C)cn1)c1ccc(Cl)cc1Cl. The van der Waals surface area contributed by atoms with Crippen LogP contribution in [0.2, 0.25) is 10.0 Å². The van der Waals surface area contributed by atoms with Crippen LogP contribution in [-0.2, 0) is 0 Å². The van der Waals surface area contributed by atoms with Gasteiger partial charge in [0.05, 0.1) is 11.6 Å². The smallest absolute Gasteiger partial charge is 0.254 e. The summed E-state index contributed by atoms with van der Waals surface area (Å²) in [5.74, 6) is 0.599. The summed E-state index contributed by atoms with van der Waals surface area (Å²) in [6, 6.07) is 8.88. The summed E-state index contributed by atoms with van der Waals surface area (Å²) < 4.78 is 0. The summed E-state index contributed by atoms with van der Waals surface area (Å²) in [6.07, 6.45) is 1.56. The van der Waals surface area contributed by atoms with Crippen molar-refractivity contribution in [1.82, 2.24) is 9.88 Å².